The normalized spacial score (nSPS) is 19.1. The monoisotopic (exact) mass is 486 g/mol. The first-order chi connectivity index (χ1) is 13.0. The largest absolute Gasteiger partial charge is 0.310 e. The number of carbonyl (C=O) groups is 1. The van der Waals surface area contributed by atoms with Crippen molar-refractivity contribution in [2.45, 2.75) is 21.9 Å². The Morgan fingerprint density at radius 3 is 2.52 bits per heavy atom. The maximum atomic E-state index is 13.1. The zero-order chi connectivity index (χ0) is 19.0. The molecule has 1 aromatic carbocycles. The van der Waals surface area contributed by atoms with Crippen molar-refractivity contribution < 1.29 is 13.2 Å². The summed E-state index contributed by atoms with van der Waals surface area (Å²) in [4.78, 5) is 16.1. The van der Waals surface area contributed by atoms with Crippen LogP contribution >= 0.6 is 39.0 Å². The van der Waals surface area contributed by atoms with Crippen LogP contribution in [0, 0.1) is 5.92 Å². The summed E-state index contributed by atoms with van der Waals surface area (Å²) in [7, 11) is -3.47. The number of para-hydroxylation sites is 1. The Morgan fingerprint density at radius 2 is 1.81 bits per heavy atom. The summed E-state index contributed by atoms with van der Waals surface area (Å²) in [6.45, 7) is 1.49. The lowest BCUT2D eigenvalue weighted by atomic mass is 9.96. The predicted molar refractivity (Wildman–Crippen MR) is 113 cm³/mol. The van der Waals surface area contributed by atoms with Crippen LogP contribution in [-0.2, 0) is 14.8 Å². The van der Waals surface area contributed by atoms with Crippen LogP contribution < -0.4 is 4.90 Å². The lowest BCUT2D eigenvalue weighted by Gasteiger charge is -2.35. The lowest BCUT2D eigenvalue weighted by Crippen LogP contribution is -2.45. The van der Waals surface area contributed by atoms with Crippen molar-refractivity contribution in [1.82, 2.24) is 4.31 Å². The lowest BCUT2D eigenvalue weighted by molar-refractivity contribution is -0.123. The fourth-order valence-electron chi connectivity index (χ4n) is 3.53. The number of thioether (sulfide) groups is 1. The van der Waals surface area contributed by atoms with Crippen molar-refractivity contribution in [2.24, 2.45) is 5.92 Å². The third-order valence-corrected chi connectivity index (χ3v) is 9.97. The third-order valence-electron chi connectivity index (χ3n) is 4.94. The summed E-state index contributed by atoms with van der Waals surface area (Å²) >= 11 is 6.31. The Morgan fingerprint density at radius 1 is 1.07 bits per heavy atom. The zero-order valence-electron chi connectivity index (χ0n) is 14.5. The van der Waals surface area contributed by atoms with Crippen LogP contribution in [0.3, 0.4) is 0 Å². The predicted octanol–water partition coefficient (Wildman–Crippen LogP) is 4.05. The van der Waals surface area contributed by atoms with Gasteiger partial charge in [-0.15, -0.1) is 23.1 Å². The molecule has 1 fully saturated rings. The molecule has 0 N–H and O–H groups in total. The second kappa shape index (κ2) is 7.87. The number of fused-ring (bicyclic) bond motifs is 1. The van der Waals surface area contributed by atoms with Gasteiger partial charge in [0, 0.05) is 36.2 Å². The van der Waals surface area contributed by atoms with Gasteiger partial charge in [0.15, 0.2) is 0 Å². The first-order valence-electron chi connectivity index (χ1n) is 8.75. The minimum Gasteiger partial charge on any atom is -0.310 e. The molecule has 27 heavy (non-hydrogen) atoms. The standard InChI is InChI=1S/C18H19BrN2O3S3/c19-16-5-6-17(26-16)27(23,24)20-9-7-13(8-10-20)18(22)21-11-12-25-15-4-2-1-3-14(15)21/h1-6,13H,7-12H2. The Bertz CT molecular complexity index is 952. The highest BCUT2D eigenvalue weighted by Gasteiger charge is 2.35. The van der Waals surface area contributed by atoms with Gasteiger partial charge in [-0.3, -0.25) is 4.79 Å². The van der Waals surface area contributed by atoms with E-state index in [2.05, 4.69) is 15.9 Å². The van der Waals surface area contributed by atoms with Crippen LogP contribution in [0.1, 0.15) is 12.8 Å². The van der Waals surface area contributed by atoms with Crippen LogP contribution in [-0.4, -0.2) is 44.0 Å². The molecule has 0 atom stereocenters. The highest BCUT2D eigenvalue weighted by atomic mass is 79.9. The van der Waals surface area contributed by atoms with Crippen molar-refractivity contribution in [2.75, 3.05) is 30.3 Å². The summed E-state index contributed by atoms with van der Waals surface area (Å²) in [6.07, 6.45) is 1.13. The molecule has 0 saturated carbocycles. The van der Waals surface area contributed by atoms with E-state index in [1.54, 1.807) is 23.9 Å². The number of hydrogen-bond donors (Lipinski definition) is 0. The van der Waals surface area contributed by atoms with Crippen molar-refractivity contribution in [3.63, 3.8) is 0 Å². The smallest absolute Gasteiger partial charge is 0.252 e. The number of rotatable bonds is 3. The number of sulfonamides is 1. The highest BCUT2D eigenvalue weighted by molar-refractivity contribution is 9.11. The summed E-state index contributed by atoms with van der Waals surface area (Å²) in [5.41, 5.74) is 0.984. The fourth-order valence-corrected chi connectivity index (χ4v) is 8.15. The molecule has 1 amide bonds. The van der Waals surface area contributed by atoms with Gasteiger partial charge in [-0.05, 0) is 53.0 Å². The van der Waals surface area contributed by atoms with Gasteiger partial charge in [0.05, 0.1) is 9.47 Å². The number of piperidine rings is 1. The third kappa shape index (κ3) is 3.85. The number of carbonyl (C=O) groups excluding carboxylic acids is 1. The number of amides is 1. The number of benzene rings is 1. The molecule has 9 heteroatoms. The Labute approximate surface area is 175 Å². The second-order valence-corrected chi connectivity index (χ2v) is 12.3. The van der Waals surface area contributed by atoms with E-state index in [-0.39, 0.29) is 11.8 Å². The van der Waals surface area contributed by atoms with E-state index in [1.807, 2.05) is 29.2 Å². The fraction of sp³-hybridized carbons (Fsp3) is 0.389. The topological polar surface area (TPSA) is 57.7 Å². The van der Waals surface area contributed by atoms with Crippen molar-refractivity contribution in [3.05, 3.63) is 40.2 Å². The molecule has 0 radical (unpaired) electrons. The summed E-state index contributed by atoms with van der Waals surface area (Å²) < 4.78 is 28.2. The van der Waals surface area contributed by atoms with Crippen LogP contribution in [0.5, 0.6) is 0 Å². The van der Waals surface area contributed by atoms with Crippen LogP contribution in [0.2, 0.25) is 0 Å². The minimum atomic E-state index is -3.47. The van der Waals surface area contributed by atoms with Gasteiger partial charge in [-0.1, -0.05) is 12.1 Å². The summed E-state index contributed by atoms with van der Waals surface area (Å²) in [5.74, 6) is 0.893. The Balaban J connectivity index is 1.45. The van der Waals surface area contributed by atoms with E-state index in [4.69, 9.17) is 0 Å². The van der Waals surface area contributed by atoms with Crippen molar-refractivity contribution >= 4 is 60.6 Å². The Kier molecular flexibility index (Phi) is 5.67. The zero-order valence-corrected chi connectivity index (χ0v) is 18.5. The van der Waals surface area contributed by atoms with E-state index in [0.717, 1.165) is 20.1 Å². The van der Waals surface area contributed by atoms with E-state index < -0.39 is 10.0 Å². The summed E-state index contributed by atoms with van der Waals surface area (Å²) in [5, 5.41) is 0. The SMILES string of the molecule is O=C(C1CCN(S(=O)(=O)c2ccc(Br)s2)CC1)N1CCSc2ccccc21. The molecule has 2 aliphatic rings. The first-order valence-corrected chi connectivity index (χ1v) is 12.8. The van der Waals surface area contributed by atoms with Gasteiger partial charge in [-0.2, -0.15) is 4.31 Å². The van der Waals surface area contributed by atoms with Gasteiger partial charge in [0.25, 0.3) is 10.0 Å². The van der Waals surface area contributed by atoms with E-state index in [0.29, 0.717) is 36.7 Å². The Hall–Kier alpha value is -0.870. The second-order valence-electron chi connectivity index (χ2n) is 6.54. The molecular formula is C18H19BrN2O3S3. The van der Waals surface area contributed by atoms with Gasteiger partial charge >= 0.3 is 0 Å². The van der Waals surface area contributed by atoms with Gasteiger partial charge < -0.3 is 4.90 Å². The molecule has 5 nitrogen and oxygen atoms in total. The average molecular weight is 487 g/mol. The molecule has 3 heterocycles. The molecular weight excluding hydrogens is 468 g/mol. The van der Waals surface area contributed by atoms with Gasteiger partial charge in [-0.25, -0.2) is 8.42 Å². The van der Waals surface area contributed by atoms with Crippen molar-refractivity contribution in [1.29, 1.82) is 0 Å². The van der Waals surface area contributed by atoms with Crippen LogP contribution in [0.25, 0.3) is 0 Å². The number of hydrogen-bond acceptors (Lipinski definition) is 5. The van der Waals surface area contributed by atoms with Crippen molar-refractivity contribution in [3.8, 4) is 0 Å². The quantitative estimate of drug-likeness (QED) is 0.656. The number of halogens is 1. The molecule has 0 unspecified atom stereocenters. The molecule has 2 aliphatic heterocycles. The van der Waals surface area contributed by atoms with Crippen LogP contribution in [0.15, 0.2) is 49.3 Å². The molecule has 1 aromatic heterocycles. The maximum Gasteiger partial charge on any atom is 0.252 e. The molecule has 4 rings (SSSR count). The molecule has 144 valence electrons. The van der Waals surface area contributed by atoms with E-state index in [9.17, 15) is 13.2 Å². The number of thiophene rings is 1. The minimum absolute atomic E-state index is 0.123. The highest BCUT2D eigenvalue weighted by Crippen LogP contribution is 2.36. The molecule has 0 spiro atoms. The number of anilines is 1. The van der Waals surface area contributed by atoms with Gasteiger partial charge in [0.1, 0.15) is 4.21 Å². The molecule has 2 aromatic rings. The summed E-state index contributed by atoms with van der Waals surface area (Å²) in [6, 6.07) is 11.4. The van der Waals surface area contributed by atoms with Crippen LogP contribution in [0.4, 0.5) is 5.69 Å². The first kappa shape index (κ1) is 19.4. The average Bonchev–Trinajstić information content (AvgIpc) is 3.14. The molecule has 0 bridgehead atoms. The molecule has 1 saturated heterocycles. The molecule has 0 aliphatic carbocycles. The maximum absolute atomic E-state index is 13.1. The van der Waals surface area contributed by atoms with E-state index >= 15 is 0 Å². The number of nitrogens with zero attached hydrogens (tertiary/aromatic N) is 2. The van der Waals surface area contributed by atoms with E-state index in [1.165, 1.54) is 15.6 Å². The van der Waals surface area contributed by atoms with Gasteiger partial charge in [0.2, 0.25) is 5.91 Å².